The molecule has 25 atom stereocenters. The van der Waals surface area contributed by atoms with Crippen molar-refractivity contribution in [2.24, 2.45) is 27.2 Å². The summed E-state index contributed by atoms with van der Waals surface area (Å²) in [4.78, 5) is 79.3. The topological polar surface area (TPSA) is 588 Å². The first kappa shape index (κ1) is 77.1. The van der Waals surface area contributed by atoms with E-state index in [0.717, 1.165) is 4.90 Å². The second-order valence-corrected chi connectivity index (χ2v) is 24.3. The van der Waals surface area contributed by atoms with E-state index in [0.29, 0.717) is 29.2 Å². The van der Waals surface area contributed by atoms with Gasteiger partial charge in [0, 0.05) is 12.3 Å². The Morgan fingerprint density at radius 2 is 1.32 bits per heavy atom. The Hall–Kier alpha value is -7.61. The second kappa shape index (κ2) is 35.1. The highest BCUT2D eigenvalue weighted by Gasteiger charge is 2.54. The largest absolute Gasteiger partial charge is 0.493 e. The van der Waals surface area contributed by atoms with E-state index in [1.54, 1.807) is 62.4 Å². The number of carbonyl (C=O) groups excluding carboxylic acids is 5. The van der Waals surface area contributed by atoms with Gasteiger partial charge in [-0.25, -0.2) is 0 Å². The Kier molecular flexibility index (Phi) is 27.4. The maximum absolute atomic E-state index is 15.0. The summed E-state index contributed by atoms with van der Waals surface area (Å²) in [6.07, 6.45) is -31.0. The van der Waals surface area contributed by atoms with Gasteiger partial charge in [-0.15, -0.1) is 0 Å². The van der Waals surface area contributed by atoms with Crippen LogP contribution in [0, 0.1) is 0 Å². The normalized spacial score (nSPS) is 30.9. The number of benzene rings is 3. The van der Waals surface area contributed by atoms with Crippen LogP contribution >= 0.6 is 0 Å². The third-order valence-electron chi connectivity index (χ3n) is 17.6. The molecule has 548 valence electrons. The summed E-state index contributed by atoms with van der Waals surface area (Å²) >= 11 is 0. The summed E-state index contributed by atoms with van der Waals surface area (Å²) in [5, 5.41) is 155. The van der Waals surface area contributed by atoms with Crippen LogP contribution in [-0.2, 0) is 60.7 Å². The quantitative estimate of drug-likeness (QED) is 0.0258. The molecule has 3 saturated heterocycles. The number of guanidine groups is 2. The van der Waals surface area contributed by atoms with Crippen LogP contribution in [-0.4, -0.2) is 313 Å². The maximum Gasteiger partial charge on any atom is 0.246 e. The molecule has 3 aromatic rings. The summed E-state index contributed by atoms with van der Waals surface area (Å²) < 4.78 is 45.9. The second-order valence-electron chi connectivity index (χ2n) is 24.3. The minimum atomic E-state index is -2.26. The molecular weight excluding hydrogens is 1310 g/mol. The number of hydrogen-bond acceptors (Lipinski definition) is 33. The molecule has 0 aliphatic carbocycles. The number of rotatable bonds is 32. The van der Waals surface area contributed by atoms with Gasteiger partial charge >= 0.3 is 0 Å². The molecule has 0 saturated carbocycles. The molecule has 8 rings (SSSR count). The molecule has 0 bridgehead atoms. The lowest BCUT2D eigenvalue weighted by Gasteiger charge is -2.46. The van der Waals surface area contributed by atoms with Crippen LogP contribution in [0.5, 0.6) is 17.2 Å². The first-order chi connectivity index (χ1) is 47.3. The van der Waals surface area contributed by atoms with Crippen molar-refractivity contribution >= 4 is 41.8 Å². The molecule has 0 aromatic heterocycles. The number of aliphatic imine (C=N–C) groups is 2. The molecule has 3 fully saturated rings. The van der Waals surface area contributed by atoms with Crippen molar-refractivity contribution in [3.63, 3.8) is 0 Å². The molecule has 0 radical (unpaired) electrons. The van der Waals surface area contributed by atoms with Crippen molar-refractivity contribution in [2.45, 2.75) is 179 Å². The summed E-state index contributed by atoms with van der Waals surface area (Å²) in [6.45, 7) is -0.0775. The number of amides is 4. The number of aliphatic hydroxyl groups is 13. The van der Waals surface area contributed by atoms with Crippen LogP contribution in [0.2, 0.25) is 0 Å². The number of nitrogens with two attached hydrogens (primary N) is 3. The number of aliphatic hydroxyl groups excluding tert-OH is 13. The number of ether oxygens (including phenoxy) is 8. The van der Waals surface area contributed by atoms with Crippen molar-refractivity contribution in [1.29, 1.82) is 0 Å². The lowest BCUT2D eigenvalue weighted by atomic mass is 9.93. The predicted octanol–water partition coefficient (Wildman–Crippen LogP) is -10.1. The molecule has 5 aliphatic rings. The van der Waals surface area contributed by atoms with Crippen LogP contribution in [0.4, 0.5) is 0 Å². The van der Waals surface area contributed by atoms with Crippen molar-refractivity contribution in [3.8, 4) is 17.2 Å². The van der Waals surface area contributed by atoms with Gasteiger partial charge in [0.25, 0.3) is 0 Å². The van der Waals surface area contributed by atoms with E-state index in [9.17, 15) is 90.4 Å². The Morgan fingerprint density at radius 3 is 1.96 bits per heavy atom. The lowest BCUT2D eigenvalue weighted by molar-refractivity contribution is -0.353. The van der Waals surface area contributed by atoms with Crippen molar-refractivity contribution in [1.82, 2.24) is 31.5 Å². The first-order valence-corrected chi connectivity index (χ1v) is 31.8. The van der Waals surface area contributed by atoms with Gasteiger partial charge in [0.2, 0.25) is 29.9 Å². The molecule has 25 unspecified atom stereocenters. The number of carbonyl (C=O) groups is 5. The average Bonchev–Trinajstić information content (AvgIpc) is 1.74. The smallest absolute Gasteiger partial charge is 0.246 e. The van der Waals surface area contributed by atoms with Crippen LogP contribution in [0.3, 0.4) is 0 Å². The van der Waals surface area contributed by atoms with Gasteiger partial charge in [0.05, 0.1) is 78.0 Å². The van der Waals surface area contributed by atoms with Gasteiger partial charge < -0.3 is 158 Å². The van der Waals surface area contributed by atoms with Gasteiger partial charge in [0.1, 0.15) is 122 Å². The van der Waals surface area contributed by atoms with Crippen LogP contribution in [0.25, 0.3) is 0 Å². The fraction of sp³-hybridized carbons (Fsp3) is 0.597. The Balaban J connectivity index is 1.00. The molecule has 5 aliphatic heterocycles. The number of nitrogens with zero attached hydrogens (tertiary/aromatic N) is 3. The van der Waals surface area contributed by atoms with Crippen LogP contribution in [0.15, 0.2) is 82.8 Å². The summed E-state index contributed by atoms with van der Waals surface area (Å²) in [6, 6.07) is 7.24. The number of hydrogen-bond donors (Lipinski definition) is 21. The molecule has 4 amide bonds. The molecule has 99 heavy (non-hydrogen) atoms. The van der Waals surface area contributed by atoms with E-state index in [1.165, 1.54) is 31.4 Å². The SMILES string of the molecule is CCOc1cc(COCC2OC(OC3C(CO)OC(Oc4ccc(CC(NC(=O)C(N)C(C)c5ccccc5)C(=O)NC(C(=O)NC(C(=O)NC(C=O)CO)C(O)C5CN=C(N)N5C5OC(CO)C(O)C(O)C5O)C(O)C5CN=C(N)N5)cc4)C(O)C3O)C(O)C(O)C2O)ccc1OC. The molecule has 37 heteroatoms. The highest BCUT2D eigenvalue weighted by molar-refractivity contribution is 5.96. The third kappa shape index (κ3) is 18.3. The summed E-state index contributed by atoms with van der Waals surface area (Å²) in [5.41, 5.74) is 20.2. The highest BCUT2D eigenvalue weighted by atomic mass is 16.7. The van der Waals surface area contributed by atoms with E-state index < -0.39 is 215 Å². The zero-order valence-corrected chi connectivity index (χ0v) is 54.0. The first-order valence-electron chi connectivity index (χ1n) is 31.8. The van der Waals surface area contributed by atoms with E-state index in [4.69, 9.17) is 55.1 Å². The van der Waals surface area contributed by atoms with Crippen molar-refractivity contribution in [3.05, 3.63) is 89.5 Å². The minimum Gasteiger partial charge on any atom is -0.493 e. The van der Waals surface area contributed by atoms with Gasteiger partial charge in [-0.05, 0) is 47.9 Å². The Morgan fingerprint density at radius 1 is 0.697 bits per heavy atom. The number of aldehydes is 1. The monoisotopic (exact) mass is 1400 g/mol. The number of methoxy groups -OCH3 is 1. The van der Waals surface area contributed by atoms with E-state index >= 15 is 0 Å². The zero-order valence-electron chi connectivity index (χ0n) is 54.0. The average molecular weight is 1400 g/mol. The Bertz CT molecular complexity index is 3220. The van der Waals surface area contributed by atoms with Crippen LogP contribution in [0.1, 0.15) is 36.5 Å². The van der Waals surface area contributed by atoms with E-state index in [-0.39, 0.29) is 43.3 Å². The number of nitrogens with one attached hydrogen (secondary N) is 5. The van der Waals surface area contributed by atoms with E-state index in [1.807, 2.05) is 0 Å². The zero-order chi connectivity index (χ0) is 72.1. The summed E-state index contributed by atoms with van der Waals surface area (Å²) in [7, 11) is 1.49. The van der Waals surface area contributed by atoms with Gasteiger partial charge in [-0.1, -0.05) is 55.5 Å². The maximum atomic E-state index is 15.0. The standard InChI is InChI=1S/C62H89N11O26/c1-4-94-36-17-28(12-15-35(36)92-3)24-93-25-39-46(81)48(83)51(86)60(98-39)99-53-38(23-77)97-59(52(87)49(53)84)95-31-13-10-27(11-14-31)16-32(69-55(89)40(63)26(2)29-8-6-5-7-9-29)54(88)71-41(43(78)33-18-66-61(64)70-33)57(91)72-42(56(90)68-30(20-74)21-75)44(79)34-19-67-62(65)73(34)58-50(85)47(82)45(80)37(22-76)96-58/h5-15,17,20,26,30,32-34,37-53,58-60,75-87H,4,16,18-19,21-25,63H2,1-3H3,(H2,65,67)(H,68,90)(H,69,89)(H,71,88)(H,72,91)(H3,64,66,70). The fourth-order valence-electron chi connectivity index (χ4n) is 11.8. The van der Waals surface area contributed by atoms with Gasteiger partial charge in [0.15, 0.2) is 35.9 Å². The van der Waals surface area contributed by atoms with Crippen molar-refractivity contribution < 1.29 is 128 Å². The predicted molar refractivity (Wildman–Crippen MR) is 339 cm³/mol. The van der Waals surface area contributed by atoms with Crippen molar-refractivity contribution in [2.75, 3.05) is 53.2 Å². The molecule has 5 heterocycles. The molecular formula is C62H89N11O26. The molecule has 37 nitrogen and oxygen atoms in total. The minimum absolute atomic E-state index is 0.0135. The van der Waals surface area contributed by atoms with Gasteiger partial charge in [-0.3, -0.25) is 29.2 Å². The lowest BCUT2D eigenvalue weighted by Crippen LogP contribution is -2.70. The fourth-order valence-corrected chi connectivity index (χ4v) is 11.8. The molecule has 24 N–H and O–H groups in total. The highest BCUT2D eigenvalue weighted by Crippen LogP contribution is 2.34. The van der Waals surface area contributed by atoms with Gasteiger partial charge in [-0.2, -0.15) is 0 Å². The Labute approximate surface area is 566 Å². The molecule has 0 spiro atoms. The molecule has 3 aromatic carbocycles. The summed E-state index contributed by atoms with van der Waals surface area (Å²) in [5.74, 6) is -5.25. The third-order valence-corrected chi connectivity index (χ3v) is 17.6. The van der Waals surface area contributed by atoms with Crippen LogP contribution < -0.4 is 58.0 Å². The van der Waals surface area contributed by atoms with E-state index in [2.05, 4.69) is 36.6 Å².